The summed E-state index contributed by atoms with van der Waals surface area (Å²) in [7, 11) is 1.31. The molecule has 6 heteroatoms. The maximum absolute atomic E-state index is 12.1. The second kappa shape index (κ2) is 6.24. The number of carbonyl (C=O) groups excluding carboxylic acids is 2. The summed E-state index contributed by atoms with van der Waals surface area (Å²) in [5, 5.41) is 6.30. The Hall–Kier alpha value is -1.59. The first-order valence-electron chi connectivity index (χ1n) is 6.42. The third-order valence-corrected chi connectivity index (χ3v) is 3.91. The van der Waals surface area contributed by atoms with Gasteiger partial charge in [0.1, 0.15) is 0 Å². The second-order valence-electron chi connectivity index (χ2n) is 4.88. The average Bonchev–Trinajstić information content (AvgIpc) is 2.38. The van der Waals surface area contributed by atoms with Gasteiger partial charge in [0.05, 0.1) is 23.4 Å². The third-order valence-electron chi connectivity index (χ3n) is 3.58. The number of nitrogens with one attached hydrogen (secondary N) is 2. The number of amides is 1. The van der Waals surface area contributed by atoms with Crippen LogP contribution in [0.3, 0.4) is 0 Å². The zero-order chi connectivity index (χ0) is 14.7. The lowest BCUT2D eigenvalue weighted by Crippen LogP contribution is -2.48. The highest BCUT2D eigenvalue weighted by atomic mass is 35.5. The molecule has 2 N–H and O–H groups in total. The number of benzene rings is 1. The molecule has 1 aliphatic heterocycles. The first-order chi connectivity index (χ1) is 9.52. The Morgan fingerprint density at radius 3 is 2.70 bits per heavy atom. The van der Waals surface area contributed by atoms with E-state index in [2.05, 4.69) is 15.4 Å². The molecule has 1 unspecified atom stereocenters. The fourth-order valence-electron chi connectivity index (χ4n) is 1.99. The molecule has 0 saturated carbocycles. The van der Waals surface area contributed by atoms with Crippen LogP contribution in [0.4, 0.5) is 5.69 Å². The molecule has 1 saturated heterocycles. The van der Waals surface area contributed by atoms with Crippen LogP contribution in [0.15, 0.2) is 18.2 Å². The molecule has 108 valence electrons. The van der Waals surface area contributed by atoms with E-state index in [-0.39, 0.29) is 11.8 Å². The van der Waals surface area contributed by atoms with Crippen molar-refractivity contribution in [1.29, 1.82) is 0 Å². The van der Waals surface area contributed by atoms with Gasteiger partial charge in [-0.25, -0.2) is 4.79 Å². The molecule has 5 nitrogen and oxygen atoms in total. The minimum Gasteiger partial charge on any atom is -0.465 e. The minimum absolute atomic E-state index is 0.0968. The van der Waals surface area contributed by atoms with Crippen molar-refractivity contribution in [1.82, 2.24) is 5.32 Å². The molecule has 0 radical (unpaired) electrons. The van der Waals surface area contributed by atoms with Gasteiger partial charge < -0.3 is 15.4 Å². The number of esters is 1. The predicted octanol–water partition coefficient (Wildman–Crippen LogP) is 1.92. The van der Waals surface area contributed by atoms with E-state index in [0.29, 0.717) is 22.2 Å². The molecule has 20 heavy (non-hydrogen) atoms. The zero-order valence-electron chi connectivity index (χ0n) is 11.4. The van der Waals surface area contributed by atoms with Crippen LogP contribution in [0.5, 0.6) is 0 Å². The van der Waals surface area contributed by atoms with E-state index in [0.717, 1.165) is 13.1 Å². The number of anilines is 1. The first-order valence-corrected chi connectivity index (χ1v) is 6.80. The lowest BCUT2D eigenvalue weighted by Gasteiger charge is -2.31. The lowest BCUT2D eigenvalue weighted by molar-refractivity contribution is -0.121. The molecule has 1 fully saturated rings. The molecule has 0 aromatic heterocycles. The van der Waals surface area contributed by atoms with Gasteiger partial charge in [-0.1, -0.05) is 18.5 Å². The Morgan fingerprint density at radius 2 is 2.15 bits per heavy atom. The zero-order valence-corrected chi connectivity index (χ0v) is 12.2. The van der Waals surface area contributed by atoms with Crippen LogP contribution in [0.1, 0.15) is 17.3 Å². The van der Waals surface area contributed by atoms with Gasteiger partial charge in [-0.05, 0) is 37.2 Å². The van der Waals surface area contributed by atoms with Gasteiger partial charge in [-0.2, -0.15) is 0 Å². The van der Waals surface area contributed by atoms with Crippen LogP contribution in [0.2, 0.25) is 5.02 Å². The van der Waals surface area contributed by atoms with Crippen molar-refractivity contribution in [3.05, 3.63) is 28.8 Å². The van der Waals surface area contributed by atoms with E-state index < -0.39 is 5.97 Å². The highest BCUT2D eigenvalue weighted by molar-refractivity contribution is 6.33. The van der Waals surface area contributed by atoms with Crippen LogP contribution < -0.4 is 10.6 Å². The van der Waals surface area contributed by atoms with Crippen LogP contribution in [0, 0.1) is 11.8 Å². The van der Waals surface area contributed by atoms with Crippen molar-refractivity contribution in [3.8, 4) is 0 Å². The summed E-state index contributed by atoms with van der Waals surface area (Å²) in [6.45, 7) is 3.59. The molecule has 1 atom stereocenters. The van der Waals surface area contributed by atoms with E-state index in [1.165, 1.54) is 13.2 Å². The molecule has 1 amide bonds. The molecule has 0 aliphatic carbocycles. The molecular weight excluding hydrogens is 280 g/mol. The largest absolute Gasteiger partial charge is 0.465 e. The van der Waals surface area contributed by atoms with Gasteiger partial charge in [0.25, 0.3) is 0 Å². The lowest BCUT2D eigenvalue weighted by atomic mass is 9.88. The summed E-state index contributed by atoms with van der Waals surface area (Å²) < 4.78 is 4.65. The van der Waals surface area contributed by atoms with Crippen LogP contribution in [0.25, 0.3) is 0 Å². The van der Waals surface area contributed by atoms with Crippen molar-refractivity contribution in [2.45, 2.75) is 6.92 Å². The van der Waals surface area contributed by atoms with E-state index in [1.807, 2.05) is 6.92 Å². The number of hydrogen-bond donors (Lipinski definition) is 2. The van der Waals surface area contributed by atoms with Gasteiger partial charge >= 0.3 is 5.97 Å². The molecule has 2 rings (SSSR count). The Kier molecular flexibility index (Phi) is 4.62. The third kappa shape index (κ3) is 3.11. The molecule has 1 aromatic carbocycles. The summed E-state index contributed by atoms with van der Waals surface area (Å²) >= 11 is 6.04. The van der Waals surface area contributed by atoms with Crippen LogP contribution in [-0.4, -0.2) is 32.1 Å². The Labute approximate surface area is 122 Å². The summed E-state index contributed by atoms with van der Waals surface area (Å²) in [6.07, 6.45) is 0. The van der Waals surface area contributed by atoms with Gasteiger partial charge in [0.15, 0.2) is 0 Å². The monoisotopic (exact) mass is 296 g/mol. The molecule has 0 bridgehead atoms. The minimum atomic E-state index is -0.464. The predicted molar refractivity (Wildman–Crippen MR) is 76.9 cm³/mol. The maximum Gasteiger partial charge on any atom is 0.337 e. The van der Waals surface area contributed by atoms with Gasteiger partial charge in [0, 0.05) is 5.92 Å². The molecule has 0 spiro atoms. The maximum atomic E-state index is 12.1. The second-order valence-corrected chi connectivity index (χ2v) is 5.29. The first kappa shape index (κ1) is 14.8. The van der Waals surface area contributed by atoms with E-state index in [9.17, 15) is 9.59 Å². The standard InChI is InChI=1S/C14H17ClN2O3/c1-8(10-6-16-7-10)13(18)17-12-5-9(14(19)20-2)3-4-11(12)15/h3-5,8,10,16H,6-7H2,1-2H3,(H,17,18). The van der Waals surface area contributed by atoms with E-state index in [4.69, 9.17) is 11.6 Å². The normalized spacial score (nSPS) is 16.1. The Balaban J connectivity index is 2.11. The molecule has 1 aromatic rings. The van der Waals surface area contributed by atoms with Crippen LogP contribution >= 0.6 is 11.6 Å². The number of ether oxygens (including phenoxy) is 1. The number of halogens is 1. The fourth-order valence-corrected chi connectivity index (χ4v) is 2.16. The number of rotatable bonds is 4. The smallest absolute Gasteiger partial charge is 0.337 e. The fraction of sp³-hybridized carbons (Fsp3) is 0.429. The average molecular weight is 297 g/mol. The number of hydrogen-bond acceptors (Lipinski definition) is 4. The summed E-state index contributed by atoms with van der Waals surface area (Å²) in [4.78, 5) is 23.6. The number of methoxy groups -OCH3 is 1. The quantitative estimate of drug-likeness (QED) is 0.833. The topological polar surface area (TPSA) is 67.4 Å². The van der Waals surface area contributed by atoms with Crippen molar-refractivity contribution in [2.24, 2.45) is 11.8 Å². The molecule has 1 aliphatic rings. The molecular formula is C14H17ClN2O3. The van der Waals surface area contributed by atoms with E-state index >= 15 is 0 Å². The Bertz CT molecular complexity index is 529. The molecule has 1 heterocycles. The van der Waals surface area contributed by atoms with Crippen molar-refractivity contribution >= 4 is 29.2 Å². The SMILES string of the molecule is COC(=O)c1ccc(Cl)c(NC(=O)C(C)C2CNC2)c1. The Morgan fingerprint density at radius 1 is 1.45 bits per heavy atom. The van der Waals surface area contributed by atoms with Gasteiger partial charge in [0.2, 0.25) is 5.91 Å². The highest BCUT2D eigenvalue weighted by Crippen LogP contribution is 2.25. The van der Waals surface area contributed by atoms with Crippen molar-refractivity contribution in [2.75, 3.05) is 25.5 Å². The summed E-state index contributed by atoms with van der Waals surface area (Å²) in [5.41, 5.74) is 0.781. The van der Waals surface area contributed by atoms with Crippen molar-refractivity contribution < 1.29 is 14.3 Å². The van der Waals surface area contributed by atoms with Crippen LogP contribution in [-0.2, 0) is 9.53 Å². The van der Waals surface area contributed by atoms with Gasteiger partial charge in [-0.15, -0.1) is 0 Å². The van der Waals surface area contributed by atoms with E-state index in [1.54, 1.807) is 12.1 Å². The highest BCUT2D eigenvalue weighted by Gasteiger charge is 2.29. The number of carbonyl (C=O) groups is 2. The summed E-state index contributed by atoms with van der Waals surface area (Å²) in [5.74, 6) is -0.319. The van der Waals surface area contributed by atoms with Crippen molar-refractivity contribution in [3.63, 3.8) is 0 Å². The summed E-state index contributed by atoms with van der Waals surface area (Å²) in [6, 6.07) is 4.65. The van der Waals surface area contributed by atoms with Gasteiger partial charge in [-0.3, -0.25) is 4.79 Å².